The number of carbonyl (C=O) groups is 2. The number of thiophene rings is 1. The minimum Gasteiger partial charge on any atom is -0.496 e. The Morgan fingerprint density at radius 1 is 0.971 bits per heavy atom. The maximum Gasteiger partial charge on any atom is 0.258 e. The minimum atomic E-state index is -0.285. The molecule has 2 aromatic carbocycles. The summed E-state index contributed by atoms with van der Waals surface area (Å²) in [6, 6.07) is 16.6. The van der Waals surface area contributed by atoms with Crippen LogP contribution in [0.1, 0.15) is 20.8 Å². The SMILES string of the molecule is COCCN(CC(=O)N(Cc1ccc2c(c1)OCO2)Cc1cccs1)C(=O)c1ccccc1OC. The predicted molar refractivity (Wildman–Crippen MR) is 132 cm³/mol. The van der Waals surface area contributed by atoms with Crippen molar-refractivity contribution in [2.24, 2.45) is 0 Å². The quantitative estimate of drug-likeness (QED) is 0.402. The Kier molecular flexibility index (Phi) is 8.23. The van der Waals surface area contributed by atoms with Gasteiger partial charge in [-0.15, -0.1) is 11.3 Å². The molecule has 4 rings (SSSR count). The Morgan fingerprint density at radius 2 is 1.80 bits per heavy atom. The second-order valence-corrected chi connectivity index (χ2v) is 8.97. The van der Waals surface area contributed by atoms with Crippen molar-refractivity contribution in [2.75, 3.05) is 40.7 Å². The fourth-order valence-corrected chi connectivity index (χ4v) is 4.51. The summed E-state index contributed by atoms with van der Waals surface area (Å²) in [5.41, 5.74) is 1.32. The average Bonchev–Trinajstić information content (AvgIpc) is 3.57. The van der Waals surface area contributed by atoms with E-state index in [0.717, 1.165) is 10.4 Å². The van der Waals surface area contributed by atoms with Gasteiger partial charge in [-0.05, 0) is 41.3 Å². The fraction of sp³-hybridized carbons (Fsp3) is 0.308. The summed E-state index contributed by atoms with van der Waals surface area (Å²) in [7, 11) is 3.08. The molecule has 0 atom stereocenters. The largest absolute Gasteiger partial charge is 0.496 e. The Labute approximate surface area is 208 Å². The number of fused-ring (bicyclic) bond motifs is 1. The topological polar surface area (TPSA) is 77.5 Å². The van der Waals surface area contributed by atoms with Crippen LogP contribution in [0, 0.1) is 0 Å². The van der Waals surface area contributed by atoms with E-state index >= 15 is 0 Å². The van der Waals surface area contributed by atoms with Crippen LogP contribution in [0.3, 0.4) is 0 Å². The first-order chi connectivity index (χ1) is 17.1. The van der Waals surface area contributed by atoms with Crippen LogP contribution in [0.2, 0.25) is 0 Å². The Morgan fingerprint density at radius 3 is 2.57 bits per heavy atom. The zero-order chi connectivity index (χ0) is 24.6. The highest BCUT2D eigenvalue weighted by molar-refractivity contribution is 7.09. The van der Waals surface area contributed by atoms with E-state index in [0.29, 0.717) is 42.5 Å². The van der Waals surface area contributed by atoms with Crippen molar-refractivity contribution in [2.45, 2.75) is 13.1 Å². The molecule has 3 aromatic rings. The van der Waals surface area contributed by atoms with Crippen molar-refractivity contribution in [1.29, 1.82) is 0 Å². The number of amides is 2. The standard InChI is InChI=1S/C26H28N2O6S/c1-31-12-11-27(26(30)21-7-3-4-8-22(21)32-2)17-25(29)28(16-20-6-5-13-35-20)15-19-9-10-23-24(14-19)34-18-33-23/h3-10,13-14H,11-12,15-18H2,1-2H3. The highest BCUT2D eigenvalue weighted by Gasteiger charge is 2.25. The lowest BCUT2D eigenvalue weighted by atomic mass is 10.1. The van der Waals surface area contributed by atoms with Crippen LogP contribution in [0.5, 0.6) is 17.2 Å². The molecule has 2 amide bonds. The second-order valence-electron chi connectivity index (χ2n) is 7.94. The van der Waals surface area contributed by atoms with Gasteiger partial charge in [0.25, 0.3) is 5.91 Å². The molecule has 1 aromatic heterocycles. The fourth-order valence-electron chi connectivity index (χ4n) is 3.79. The third kappa shape index (κ3) is 6.12. The van der Waals surface area contributed by atoms with Crippen molar-refractivity contribution in [3.63, 3.8) is 0 Å². The highest BCUT2D eigenvalue weighted by Crippen LogP contribution is 2.33. The van der Waals surface area contributed by atoms with E-state index in [1.54, 1.807) is 47.6 Å². The van der Waals surface area contributed by atoms with E-state index in [2.05, 4.69) is 0 Å². The molecule has 0 bridgehead atoms. The van der Waals surface area contributed by atoms with Gasteiger partial charge in [0.1, 0.15) is 12.3 Å². The van der Waals surface area contributed by atoms with E-state index in [1.807, 2.05) is 35.7 Å². The summed E-state index contributed by atoms with van der Waals surface area (Å²) in [6.07, 6.45) is 0. The average molecular weight is 497 g/mol. The summed E-state index contributed by atoms with van der Waals surface area (Å²) in [5, 5.41) is 1.98. The Hall–Kier alpha value is -3.56. The van der Waals surface area contributed by atoms with Gasteiger partial charge in [-0.1, -0.05) is 24.3 Å². The molecule has 1 aliphatic heterocycles. The van der Waals surface area contributed by atoms with Crippen LogP contribution in [0.25, 0.3) is 0 Å². The summed E-state index contributed by atoms with van der Waals surface area (Å²) in [5.74, 6) is 1.36. The minimum absolute atomic E-state index is 0.0871. The molecular formula is C26H28N2O6S. The van der Waals surface area contributed by atoms with Crippen molar-refractivity contribution in [1.82, 2.24) is 9.80 Å². The third-order valence-electron chi connectivity index (χ3n) is 5.61. The number of hydrogen-bond donors (Lipinski definition) is 0. The molecule has 2 heterocycles. The summed E-state index contributed by atoms with van der Waals surface area (Å²) < 4.78 is 21.5. The van der Waals surface area contributed by atoms with Crippen molar-refractivity contribution < 1.29 is 28.5 Å². The number of nitrogens with zero attached hydrogens (tertiary/aromatic N) is 2. The number of rotatable bonds is 11. The van der Waals surface area contributed by atoms with Gasteiger partial charge in [-0.25, -0.2) is 0 Å². The number of ether oxygens (including phenoxy) is 4. The molecule has 35 heavy (non-hydrogen) atoms. The molecule has 0 radical (unpaired) electrons. The molecule has 0 aliphatic carbocycles. The van der Waals surface area contributed by atoms with Crippen LogP contribution in [0.15, 0.2) is 60.0 Å². The van der Waals surface area contributed by atoms with E-state index in [-0.39, 0.29) is 31.7 Å². The van der Waals surface area contributed by atoms with E-state index in [4.69, 9.17) is 18.9 Å². The maximum absolute atomic E-state index is 13.6. The Balaban J connectivity index is 1.55. The van der Waals surface area contributed by atoms with E-state index in [9.17, 15) is 9.59 Å². The predicted octanol–water partition coefficient (Wildman–Crippen LogP) is 3.80. The van der Waals surface area contributed by atoms with Crippen molar-refractivity contribution in [3.8, 4) is 17.2 Å². The molecule has 0 unspecified atom stereocenters. The van der Waals surface area contributed by atoms with Crippen molar-refractivity contribution >= 4 is 23.2 Å². The number of para-hydroxylation sites is 1. The molecule has 0 fully saturated rings. The van der Waals surface area contributed by atoms with Crippen LogP contribution >= 0.6 is 11.3 Å². The summed E-state index contributed by atoms with van der Waals surface area (Å²) >= 11 is 1.58. The lowest BCUT2D eigenvalue weighted by Crippen LogP contribution is -2.43. The van der Waals surface area contributed by atoms with Crippen LogP contribution in [0.4, 0.5) is 0 Å². The number of hydrogen-bond acceptors (Lipinski definition) is 7. The Bertz CT molecular complexity index is 1150. The van der Waals surface area contributed by atoms with Gasteiger partial charge in [-0.3, -0.25) is 9.59 Å². The smallest absolute Gasteiger partial charge is 0.258 e. The van der Waals surface area contributed by atoms with Crippen LogP contribution in [-0.4, -0.2) is 62.3 Å². The normalized spacial score (nSPS) is 11.8. The number of methoxy groups -OCH3 is 2. The number of carbonyl (C=O) groups excluding carboxylic acids is 2. The first-order valence-electron chi connectivity index (χ1n) is 11.2. The first-order valence-corrected chi connectivity index (χ1v) is 12.1. The van der Waals surface area contributed by atoms with Gasteiger partial charge in [0.15, 0.2) is 11.5 Å². The molecule has 9 heteroatoms. The molecule has 184 valence electrons. The van der Waals surface area contributed by atoms with E-state index < -0.39 is 0 Å². The third-order valence-corrected chi connectivity index (χ3v) is 6.47. The van der Waals surface area contributed by atoms with Gasteiger partial charge in [0.2, 0.25) is 12.7 Å². The van der Waals surface area contributed by atoms with Crippen molar-refractivity contribution in [3.05, 3.63) is 76.0 Å². The molecule has 0 N–H and O–H groups in total. The molecule has 0 saturated heterocycles. The van der Waals surface area contributed by atoms with Gasteiger partial charge in [0.05, 0.1) is 25.8 Å². The molecule has 0 spiro atoms. The lowest BCUT2D eigenvalue weighted by molar-refractivity contribution is -0.133. The molecule has 0 saturated carbocycles. The lowest BCUT2D eigenvalue weighted by Gasteiger charge is -2.28. The van der Waals surface area contributed by atoms with Gasteiger partial charge < -0.3 is 28.7 Å². The highest BCUT2D eigenvalue weighted by atomic mass is 32.1. The number of benzene rings is 2. The van der Waals surface area contributed by atoms with Gasteiger partial charge in [0, 0.05) is 25.1 Å². The van der Waals surface area contributed by atoms with Crippen LogP contribution < -0.4 is 14.2 Å². The monoisotopic (exact) mass is 496 g/mol. The first kappa shape index (κ1) is 24.6. The van der Waals surface area contributed by atoms with Gasteiger partial charge in [-0.2, -0.15) is 0 Å². The molecule has 8 nitrogen and oxygen atoms in total. The molecular weight excluding hydrogens is 468 g/mol. The van der Waals surface area contributed by atoms with Crippen LogP contribution in [-0.2, 0) is 22.6 Å². The van der Waals surface area contributed by atoms with Gasteiger partial charge >= 0.3 is 0 Å². The zero-order valence-electron chi connectivity index (χ0n) is 19.8. The summed E-state index contributed by atoms with van der Waals surface area (Å²) in [6.45, 7) is 1.49. The maximum atomic E-state index is 13.6. The summed E-state index contributed by atoms with van der Waals surface area (Å²) in [4.78, 5) is 31.3. The second kappa shape index (κ2) is 11.7. The van der Waals surface area contributed by atoms with E-state index in [1.165, 1.54) is 12.0 Å². The zero-order valence-corrected chi connectivity index (χ0v) is 20.6. The molecule has 1 aliphatic rings.